The molecule has 0 atom stereocenters. The highest BCUT2D eigenvalue weighted by atomic mass is 19.1. The number of amides is 1. The SMILES string of the molecule is CC(C)(C)c1cc([NH2+]c2nc(Nc3ccc4c(c3)CCNC4)ncc2C(=O)NC2CC2)cc(F)n1. The van der Waals surface area contributed by atoms with Crippen LogP contribution in [0.5, 0.6) is 0 Å². The van der Waals surface area contributed by atoms with Crippen molar-refractivity contribution < 1.29 is 14.5 Å². The van der Waals surface area contributed by atoms with Crippen LogP contribution in [-0.4, -0.2) is 33.4 Å². The largest absolute Gasteiger partial charge is 0.349 e. The predicted molar refractivity (Wildman–Crippen MR) is 132 cm³/mol. The second kappa shape index (κ2) is 9.31. The molecule has 5 N–H and O–H groups in total. The van der Waals surface area contributed by atoms with Gasteiger partial charge in [-0.1, -0.05) is 26.8 Å². The number of carbonyl (C=O) groups is 1. The topological polar surface area (TPSA) is 108 Å². The Morgan fingerprint density at radius 2 is 1.97 bits per heavy atom. The van der Waals surface area contributed by atoms with E-state index < -0.39 is 5.95 Å². The van der Waals surface area contributed by atoms with Crippen molar-refractivity contribution in [3.63, 3.8) is 0 Å². The van der Waals surface area contributed by atoms with Gasteiger partial charge in [0.15, 0.2) is 0 Å². The maximum Gasteiger partial charge on any atom is 0.260 e. The molecule has 1 fully saturated rings. The van der Waals surface area contributed by atoms with E-state index in [-0.39, 0.29) is 17.4 Å². The molecule has 1 saturated carbocycles. The fourth-order valence-corrected chi connectivity index (χ4v) is 4.06. The van der Waals surface area contributed by atoms with E-state index in [9.17, 15) is 9.18 Å². The van der Waals surface area contributed by atoms with Crippen molar-refractivity contribution in [2.75, 3.05) is 11.9 Å². The Morgan fingerprint density at radius 3 is 2.74 bits per heavy atom. The van der Waals surface area contributed by atoms with Crippen molar-refractivity contribution in [1.29, 1.82) is 0 Å². The molecule has 5 rings (SSSR count). The van der Waals surface area contributed by atoms with Crippen LogP contribution in [0.1, 0.15) is 60.8 Å². The first-order chi connectivity index (χ1) is 16.7. The normalized spacial score (nSPS) is 15.4. The molecule has 2 aliphatic rings. The minimum Gasteiger partial charge on any atom is -0.349 e. The molecular weight excluding hydrogens is 445 g/mol. The minimum absolute atomic E-state index is 0.198. The van der Waals surface area contributed by atoms with Gasteiger partial charge in [-0.05, 0) is 49.1 Å². The van der Waals surface area contributed by atoms with Crippen LogP contribution in [0.15, 0.2) is 36.5 Å². The summed E-state index contributed by atoms with van der Waals surface area (Å²) in [5.74, 6) is 0.00714. The molecular formula is C26H31FN7O+. The van der Waals surface area contributed by atoms with Crippen LogP contribution in [0, 0.1) is 5.95 Å². The Morgan fingerprint density at radius 1 is 1.14 bits per heavy atom. The molecule has 8 nitrogen and oxygen atoms in total. The molecule has 1 aliphatic carbocycles. The lowest BCUT2D eigenvalue weighted by molar-refractivity contribution is -0.483. The van der Waals surface area contributed by atoms with Gasteiger partial charge in [-0.3, -0.25) is 10.1 Å². The molecule has 3 heterocycles. The highest BCUT2D eigenvalue weighted by molar-refractivity contribution is 5.97. The van der Waals surface area contributed by atoms with Crippen LogP contribution >= 0.6 is 0 Å². The highest BCUT2D eigenvalue weighted by Crippen LogP contribution is 2.25. The Balaban J connectivity index is 1.46. The molecule has 0 unspecified atom stereocenters. The number of pyridine rings is 1. The molecule has 3 aromatic rings. The second-order valence-electron chi connectivity index (χ2n) is 10.3. The van der Waals surface area contributed by atoms with E-state index in [1.165, 1.54) is 23.4 Å². The fourth-order valence-electron chi connectivity index (χ4n) is 4.06. The van der Waals surface area contributed by atoms with E-state index in [1.807, 2.05) is 32.9 Å². The average molecular weight is 477 g/mol. The van der Waals surface area contributed by atoms with Crippen LogP contribution in [-0.2, 0) is 18.4 Å². The zero-order chi connectivity index (χ0) is 24.6. The first-order valence-corrected chi connectivity index (χ1v) is 12.0. The summed E-state index contributed by atoms with van der Waals surface area (Å²) in [5.41, 5.74) is 4.72. The van der Waals surface area contributed by atoms with Gasteiger partial charge in [-0.2, -0.15) is 9.37 Å². The van der Waals surface area contributed by atoms with Gasteiger partial charge < -0.3 is 16.0 Å². The number of hydrogen-bond acceptors (Lipinski definition) is 6. The van der Waals surface area contributed by atoms with Crippen molar-refractivity contribution in [2.24, 2.45) is 0 Å². The number of carbonyl (C=O) groups excluding carboxylic acids is 1. The average Bonchev–Trinajstić information content (AvgIpc) is 3.62. The van der Waals surface area contributed by atoms with Crippen molar-refractivity contribution in [3.05, 3.63) is 64.9 Å². The summed E-state index contributed by atoms with van der Waals surface area (Å²) in [4.78, 5) is 26.0. The monoisotopic (exact) mass is 476 g/mol. The molecule has 9 heteroatoms. The lowest BCUT2D eigenvalue weighted by atomic mass is 9.91. The summed E-state index contributed by atoms with van der Waals surface area (Å²) in [6.07, 6.45) is 4.45. The molecule has 0 radical (unpaired) electrons. The Hall–Kier alpha value is -3.43. The smallest absolute Gasteiger partial charge is 0.260 e. The zero-order valence-corrected chi connectivity index (χ0v) is 20.3. The summed E-state index contributed by atoms with van der Waals surface area (Å²) >= 11 is 0. The number of nitrogens with one attached hydrogen (secondary N) is 3. The summed E-state index contributed by atoms with van der Waals surface area (Å²) < 4.78 is 14.3. The number of aromatic nitrogens is 3. The van der Waals surface area contributed by atoms with Gasteiger partial charge in [0.2, 0.25) is 17.7 Å². The molecule has 2 aromatic heterocycles. The van der Waals surface area contributed by atoms with Crippen molar-refractivity contribution >= 4 is 29.0 Å². The van der Waals surface area contributed by atoms with Crippen molar-refractivity contribution in [3.8, 4) is 0 Å². The number of nitrogens with zero attached hydrogens (tertiary/aromatic N) is 3. The predicted octanol–water partition coefficient (Wildman–Crippen LogP) is 3.12. The molecule has 0 saturated heterocycles. The first kappa shape index (κ1) is 23.3. The standard InChI is InChI=1S/C26H30FN7O/c1-26(2,3)21-11-19(12-22(27)33-21)30-23-20(24(35)31-17-6-7-17)14-29-25(34-23)32-18-5-4-16-13-28-9-8-15(16)10-18/h4-5,10-12,14,17,28H,6-9,13H2,1-3H3,(H,31,35)(H2,29,30,32,33,34)/p+1. The van der Waals surface area contributed by atoms with Crippen LogP contribution in [0.2, 0.25) is 0 Å². The first-order valence-electron chi connectivity index (χ1n) is 12.0. The number of benzene rings is 1. The van der Waals surface area contributed by atoms with Gasteiger partial charge in [-0.25, -0.2) is 9.97 Å². The van der Waals surface area contributed by atoms with Crippen molar-refractivity contribution in [2.45, 2.75) is 58.0 Å². The number of rotatable bonds is 6. The van der Waals surface area contributed by atoms with E-state index in [4.69, 9.17) is 0 Å². The Bertz CT molecular complexity index is 1270. The molecule has 0 bridgehead atoms. The lowest BCUT2D eigenvalue weighted by Crippen LogP contribution is -2.72. The molecule has 35 heavy (non-hydrogen) atoms. The van der Waals surface area contributed by atoms with Crippen LogP contribution in [0.4, 0.5) is 27.5 Å². The minimum atomic E-state index is -0.566. The van der Waals surface area contributed by atoms with Crippen LogP contribution in [0.3, 0.4) is 0 Å². The summed E-state index contributed by atoms with van der Waals surface area (Å²) in [6.45, 7) is 7.77. The molecule has 182 valence electrons. The molecule has 1 amide bonds. The third kappa shape index (κ3) is 5.63. The number of halogens is 1. The summed E-state index contributed by atoms with van der Waals surface area (Å²) in [7, 11) is 0. The number of nitrogens with two attached hydrogens (primary N) is 1. The molecule has 1 aliphatic heterocycles. The van der Waals surface area contributed by atoms with Gasteiger partial charge in [-0.15, -0.1) is 0 Å². The summed E-state index contributed by atoms with van der Waals surface area (Å²) in [5, 5.41) is 11.4. The van der Waals surface area contributed by atoms with E-state index in [0.717, 1.165) is 38.0 Å². The van der Waals surface area contributed by atoms with E-state index in [1.54, 1.807) is 5.32 Å². The number of hydrogen-bond donors (Lipinski definition) is 4. The fraction of sp³-hybridized carbons (Fsp3) is 0.385. The third-order valence-corrected chi connectivity index (χ3v) is 6.21. The van der Waals surface area contributed by atoms with Crippen molar-refractivity contribution in [1.82, 2.24) is 25.6 Å². The van der Waals surface area contributed by atoms with Gasteiger partial charge >= 0.3 is 0 Å². The molecule has 0 spiro atoms. The Labute approximate surface area is 204 Å². The quantitative estimate of drug-likeness (QED) is 0.407. The van der Waals surface area contributed by atoms with Gasteiger partial charge in [0.05, 0.1) is 18.0 Å². The maximum absolute atomic E-state index is 14.3. The number of anilines is 2. The lowest BCUT2D eigenvalue weighted by Gasteiger charge is -2.18. The van der Waals surface area contributed by atoms with Gasteiger partial charge in [0.1, 0.15) is 11.3 Å². The second-order valence-corrected chi connectivity index (χ2v) is 10.3. The van der Waals surface area contributed by atoms with Gasteiger partial charge in [0, 0.05) is 29.8 Å². The maximum atomic E-state index is 14.3. The molecule has 1 aromatic carbocycles. The van der Waals surface area contributed by atoms with E-state index >= 15 is 0 Å². The third-order valence-electron chi connectivity index (χ3n) is 6.21. The van der Waals surface area contributed by atoms with E-state index in [2.05, 4.69) is 43.0 Å². The van der Waals surface area contributed by atoms with Crippen LogP contribution in [0.25, 0.3) is 0 Å². The highest BCUT2D eigenvalue weighted by Gasteiger charge is 2.28. The Kier molecular flexibility index (Phi) is 6.21. The summed E-state index contributed by atoms with van der Waals surface area (Å²) in [6, 6.07) is 9.60. The number of quaternary nitrogens is 1. The van der Waals surface area contributed by atoms with Gasteiger partial charge in [0.25, 0.3) is 5.91 Å². The van der Waals surface area contributed by atoms with Crippen LogP contribution < -0.4 is 21.3 Å². The zero-order valence-electron chi connectivity index (χ0n) is 20.3. The van der Waals surface area contributed by atoms with E-state index in [0.29, 0.717) is 28.7 Å². The number of fused-ring (bicyclic) bond motifs is 1.